The Bertz CT molecular complexity index is 1320. The Hall–Kier alpha value is -1.48. The Morgan fingerprint density at radius 3 is 2.59 bits per heavy atom. The molecule has 0 spiro atoms. The van der Waals surface area contributed by atoms with Crippen molar-refractivity contribution in [2.45, 2.75) is 126 Å². The van der Waals surface area contributed by atoms with Gasteiger partial charge in [0.05, 0.1) is 29.5 Å². The number of ketones is 1. The maximum Gasteiger partial charge on any atom is 0.239 e. The van der Waals surface area contributed by atoms with Crippen molar-refractivity contribution in [2.75, 3.05) is 40.0 Å². The normalized spacial score (nSPS) is 47.7. The number of methoxy groups -OCH3 is 1. The van der Waals surface area contributed by atoms with Crippen LogP contribution in [-0.2, 0) is 23.8 Å². The predicted molar refractivity (Wildman–Crippen MR) is 177 cm³/mol. The lowest BCUT2D eigenvalue weighted by atomic mass is 9.46. The van der Waals surface area contributed by atoms with Gasteiger partial charge in [-0.15, -0.1) is 0 Å². The molecule has 7 rings (SSSR count). The van der Waals surface area contributed by atoms with Gasteiger partial charge < -0.3 is 44.6 Å². The third-order valence-corrected chi connectivity index (χ3v) is 14.7. The first-order valence-electron chi connectivity index (χ1n) is 18.7. The van der Waals surface area contributed by atoms with Crippen LogP contribution in [0.4, 0.5) is 0 Å². The highest BCUT2D eigenvalue weighted by molar-refractivity contribution is 5.95. The number of rotatable bonds is 10. The van der Waals surface area contributed by atoms with Crippen LogP contribution in [0.15, 0.2) is 11.6 Å². The fourth-order valence-corrected chi connectivity index (χ4v) is 11.7. The number of aliphatic hydroxyl groups excluding tert-OH is 3. The van der Waals surface area contributed by atoms with E-state index in [-0.39, 0.29) is 41.7 Å². The summed E-state index contributed by atoms with van der Waals surface area (Å²) in [7, 11) is 1.68. The maximum absolute atomic E-state index is 13.9. The summed E-state index contributed by atoms with van der Waals surface area (Å²) >= 11 is 0. The monoisotopic (exact) mass is 690 g/mol. The van der Waals surface area contributed by atoms with E-state index in [2.05, 4.69) is 12.2 Å². The lowest BCUT2D eigenvalue weighted by molar-refractivity contribution is -0.202. The molecule has 15 atom stereocenters. The zero-order chi connectivity index (χ0) is 35.1. The summed E-state index contributed by atoms with van der Waals surface area (Å²) in [5, 5.41) is 61.5. The Balaban J connectivity index is 1.10. The molecular weight excluding hydrogens is 632 g/mol. The standard InChI is InChI=1S/C37H58N2O10/c1-34-9-6-20(48-15-5-14-47-4)16-25(34)27(41)18-24-23(34)7-10-35(2)28(8-11-37(24,35)46)36(3,45)31(42)29-22(19-40)21-17-26(33(44)39-12-13-39)38-32(43)30(21)49-29/h18,20-23,25-26,28-32,38,40,42-43,45-46H,5-17,19H2,1-4H3. The molecular formula is C37H58N2O10. The molecule has 12 nitrogen and oxygen atoms in total. The molecule has 3 saturated heterocycles. The number of hydrogen-bond acceptors (Lipinski definition) is 11. The van der Waals surface area contributed by atoms with Crippen LogP contribution in [-0.4, -0.2) is 130 Å². The molecule has 49 heavy (non-hydrogen) atoms. The van der Waals surface area contributed by atoms with E-state index in [9.17, 15) is 35.1 Å². The van der Waals surface area contributed by atoms with Crippen LogP contribution in [0.5, 0.6) is 0 Å². The van der Waals surface area contributed by atoms with Crippen molar-refractivity contribution in [3.05, 3.63) is 11.6 Å². The third-order valence-electron chi connectivity index (χ3n) is 14.7. The molecule has 12 heteroatoms. The van der Waals surface area contributed by atoms with Crippen LogP contribution in [0, 0.1) is 40.4 Å². The molecule has 6 fully saturated rings. The minimum atomic E-state index is -1.73. The quantitative estimate of drug-likeness (QED) is 0.142. The van der Waals surface area contributed by atoms with Gasteiger partial charge in [0.15, 0.2) is 5.78 Å². The van der Waals surface area contributed by atoms with Gasteiger partial charge in [-0.1, -0.05) is 13.8 Å². The Morgan fingerprint density at radius 1 is 1.14 bits per heavy atom. The van der Waals surface area contributed by atoms with E-state index in [0.717, 1.165) is 31.3 Å². The summed E-state index contributed by atoms with van der Waals surface area (Å²) < 4.78 is 17.6. The number of nitrogens with zero attached hydrogens (tertiary/aromatic N) is 1. The molecule has 0 bridgehead atoms. The van der Waals surface area contributed by atoms with Gasteiger partial charge in [-0.05, 0) is 99.5 Å². The minimum absolute atomic E-state index is 0.0295. The zero-order valence-electron chi connectivity index (χ0n) is 29.6. The number of hydrogen-bond donors (Lipinski definition) is 6. The maximum atomic E-state index is 13.9. The summed E-state index contributed by atoms with van der Waals surface area (Å²) in [5.74, 6) is -1.72. The lowest BCUT2D eigenvalue weighted by Gasteiger charge is -2.60. The number of fused-ring (bicyclic) bond motifs is 6. The molecule has 0 aromatic heterocycles. The molecule has 6 N–H and O–H groups in total. The average Bonchev–Trinajstić information content (AvgIpc) is 3.78. The number of ether oxygens (including phenoxy) is 3. The number of carbonyl (C=O) groups excluding carboxylic acids is 2. The molecule has 3 saturated carbocycles. The first-order valence-corrected chi connectivity index (χ1v) is 18.7. The number of amides is 1. The van der Waals surface area contributed by atoms with E-state index < -0.39 is 65.0 Å². The molecule has 4 aliphatic carbocycles. The molecule has 276 valence electrons. The van der Waals surface area contributed by atoms with Gasteiger partial charge >= 0.3 is 0 Å². The van der Waals surface area contributed by atoms with E-state index in [1.807, 2.05) is 6.92 Å². The highest BCUT2D eigenvalue weighted by atomic mass is 16.5. The lowest BCUT2D eigenvalue weighted by Crippen LogP contribution is -2.63. The summed E-state index contributed by atoms with van der Waals surface area (Å²) in [5.41, 5.74) is -3.40. The summed E-state index contributed by atoms with van der Waals surface area (Å²) in [4.78, 5) is 28.4. The number of piperidine rings is 1. The molecule has 0 aromatic rings. The van der Waals surface area contributed by atoms with E-state index in [1.54, 1.807) is 25.0 Å². The van der Waals surface area contributed by atoms with Crippen molar-refractivity contribution in [1.29, 1.82) is 0 Å². The molecule has 0 radical (unpaired) electrons. The minimum Gasteiger partial charge on any atom is -0.396 e. The van der Waals surface area contributed by atoms with Crippen molar-refractivity contribution in [3.63, 3.8) is 0 Å². The SMILES string of the molecule is COCCCOC1CCC2(C)C(C1)C(=O)C=C1C2CCC2(C)C(C(C)(O)C(O)C3OC4C(O)NC(C(=O)N5CC5)CC4C3CO)CCC12O. The Morgan fingerprint density at radius 2 is 1.90 bits per heavy atom. The van der Waals surface area contributed by atoms with Crippen LogP contribution >= 0.6 is 0 Å². The first-order chi connectivity index (χ1) is 23.2. The van der Waals surface area contributed by atoms with Gasteiger partial charge in [0.1, 0.15) is 18.4 Å². The van der Waals surface area contributed by atoms with Gasteiger partial charge in [0, 0.05) is 57.3 Å². The van der Waals surface area contributed by atoms with Gasteiger partial charge in [0.25, 0.3) is 0 Å². The van der Waals surface area contributed by atoms with Crippen molar-refractivity contribution in [2.24, 2.45) is 40.4 Å². The first kappa shape index (κ1) is 35.9. The van der Waals surface area contributed by atoms with Crippen LogP contribution in [0.2, 0.25) is 0 Å². The van der Waals surface area contributed by atoms with E-state index in [1.165, 1.54) is 0 Å². The van der Waals surface area contributed by atoms with Crippen molar-refractivity contribution >= 4 is 11.7 Å². The fourth-order valence-electron chi connectivity index (χ4n) is 11.7. The second-order valence-electron chi connectivity index (χ2n) is 17.1. The van der Waals surface area contributed by atoms with Crippen LogP contribution in [0.3, 0.4) is 0 Å². The summed E-state index contributed by atoms with van der Waals surface area (Å²) in [6, 6.07) is -0.608. The molecule has 15 unspecified atom stereocenters. The van der Waals surface area contributed by atoms with E-state index in [4.69, 9.17) is 14.2 Å². The van der Waals surface area contributed by atoms with E-state index >= 15 is 0 Å². The van der Waals surface area contributed by atoms with Crippen molar-refractivity contribution < 1.29 is 49.3 Å². The van der Waals surface area contributed by atoms with Gasteiger partial charge in [-0.25, -0.2) is 0 Å². The highest BCUT2D eigenvalue weighted by Crippen LogP contribution is 2.69. The van der Waals surface area contributed by atoms with Crippen molar-refractivity contribution in [3.8, 4) is 0 Å². The smallest absolute Gasteiger partial charge is 0.239 e. The topological polar surface area (TPSA) is 178 Å². The van der Waals surface area contributed by atoms with Gasteiger partial charge in [0.2, 0.25) is 5.91 Å². The Kier molecular flexibility index (Phi) is 9.43. The van der Waals surface area contributed by atoms with Gasteiger partial charge in [-0.3, -0.25) is 14.9 Å². The number of allylic oxidation sites excluding steroid dienone is 1. The Labute approximate surface area is 289 Å². The highest BCUT2D eigenvalue weighted by Gasteiger charge is 2.70. The molecule has 7 aliphatic rings. The number of carbonyl (C=O) groups is 2. The third kappa shape index (κ3) is 5.58. The molecule has 3 heterocycles. The van der Waals surface area contributed by atoms with Crippen LogP contribution < -0.4 is 5.32 Å². The fraction of sp³-hybridized carbons (Fsp3) is 0.892. The number of aliphatic hydroxyl groups is 5. The number of nitrogens with one attached hydrogen (secondary N) is 1. The zero-order valence-corrected chi connectivity index (χ0v) is 29.6. The van der Waals surface area contributed by atoms with E-state index in [0.29, 0.717) is 58.4 Å². The summed E-state index contributed by atoms with van der Waals surface area (Å²) in [6.07, 6.45) is 3.12. The van der Waals surface area contributed by atoms with Crippen LogP contribution in [0.1, 0.15) is 78.6 Å². The molecule has 0 aromatic carbocycles. The van der Waals surface area contributed by atoms with Crippen molar-refractivity contribution in [1.82, 2.24) is 10.2 Å². The van der Waals surface area contributed by atoms with Gasteiger partial charge in [-0.2, -0.15) is 0 Å². The second kappa shape index (κ2) is 12.9. The summed E-state index contributed by atoms with van der Waals surface area (Å²) in [6.45, 7) is 8.08. The molecule has 3 aliphatic heterocycles. The predicted octanol–water partition coefficient (Wildman–Crippen LogP) is 0.908. The van der Waals surface area contributed by atoms with Crippen LogP contribution in [0.25, 0.3) is 0 Å². The largest absolute Gasteiger partial charge is 0.396 e. The average molecular weight is 691 g/mol. The second-order valence-corrected chi connectivity index (χ2v) is 17.1. The molecule has 1 amide bonds.